The lowest BCUT2D eigenvalue weighted by molar-refractivity contribution is -0.126. The molecule has 1 aliphatic heterocycles. The molecule has 0 aromatic carbocycles. The lowest BCUT2D eigenvalue weighted by atomic mass is 10.2. The molecule has 0 spiro atoms. The predicted octanol–water partition coefficient (Wildman–Crippen LogP) is -1.14. The van der Waals surface area contributed by atoms with Gasteiger partial charge in [0.1, 0.15) is 6.04 Å². The minimum Gasteiger partial charge on any atom is -0.353 e. The van der Waals surface area contributed by atoms with E-state index in [1.807, 2.05) is 0 Å². The van der Waals surface area contributed by atoms with Gasteiger partial charge in [0, 0.05) is 6.04 Å². The molecular weight excluding hydrogens is 186 g/mol. The maximum atomic E-state index is 11.3. The normalized spacial score (nSPS) is 25.6. The molecule has 3 N–H and O–H groups in total. The van der Waals surface area contributed by atoms with Crippen molar-refractivity contribution in [1.29, 1.82) is 0 Å². The van der Waals surface area contributed by atoms with Crippen LogP contribution in [0.2, 0.25) is 0 Å². The lowest BCUT2D eigenvalue weighted by Crippen LogP contribution is -2.36. The van der Waals surface area contributed by atoms with E-state index in [1.165, 1.54) is 0 Å². The van der Waals surface area contributed by atoms with E-state index >= 15 is 0 Å². The Kier molecular flexibility index (Phi) is 2.11. The number of carbonyl (C=O) groups excluding carboxylic acids is 3. The second-order valence-corrected chi connectivity index (χ2v) is 3.56. The lowest BCUT2D eigenvalue weighted by Gasteiger charge is -2.06. The van der Waals surface area contributed by atoms with E-state index in [9.17, 15) is 14.4 Å². The summed E-state index contributed by atoms with van der Waals surface area (Å²) in [5.41, 5.74) is 0. The summed E-state index contributed by atoms with van der Waals surface area (Å²) in [6.45, 7) is 0. The number of imide groups is 1. The molecule has 1 unspecified atom stereocenters. The van der Waals surface area contributed by atoms with E-state index in [1.54, 1.807) is 0 Å². The molecule has 1 saturated heterocycles. The summed E-state index contributed by atoms with van der Waals surface area (Å²) in [4.78, 5) is 33.0. The van der Waals surface area contributed by atoms with Gasteiger partial charge < -0.3 is 10.6 Å². The fraction of sp³-hybridized carbons (Fsp3) is 0.625. The molecule has 1 aliphatic carbocycles. The highest BCUT2D eigenvalue weighted by molar-refractivity contribution is 6.05. The first-order valence-electron chi connectivity index (χ1n) is 4.56. The zero-order chi connectivity index (χ0) is 10.1. The summed E-state index contributed by atoms with van der Waals surface area (Å²) in [6.07, 6.45) is 2.04. The average Bonchev–Trinajstić information content (AvgIpc) is 2.81. The largest absolute Gasteiger partial charge is 0.353 e. The third-order valence-corrected chi connectivity index (χ3v) is 2.19. The Morgan fingerprint density at radius 1 is 1.43 bits per heavy atom. The van der Waals surface area contributed by atoms with Crippen molar-refractivity contribution in [2.24, 2.45) is 0 Å². The average molecular weight is 197 g/mol. The maximum absolute atomic E-state index is 11.3. The molecule has 1 saturated carbocycles. The van der Waals surface area contributed by atoms with Gasteiger partial charge in [-0.2, -0.15) is 0 Å². The van der Waals surface area contributed by atoms with E-state index in [4.69, 9.17) is 0 Å². The van der Waals surface area contributed by atoms with Crippen molar-refractivity contribution >= 4 is 17.8 Å². The van der Waals surface area contributed by atoms with Crippen LogP contribution in [0.5, 0.6) is 0 Å². The first-order valence-corrected chi connectivity index (χ1v) is 4.56. The van der Waals surface area contributed by atoms with Crippen molar-refractivity contribution in [3.63, 3.8) is 0 Å². The van der Waals surface area contributed by atoms with Crippen molar-refractivity contribution in [3.8, 4) is 0 Å². The maximum Gasteiger partial charge on any atom is 0.322 e. The van der Waals surface area contributed by atoms with Crippen LogP contribution in [0.1, 0.15) is 19.3 Å². The summed E-state index contributed by atoms with van der Waals surface area (Å²) in [6, 6.07) is -0.955. The Hall–Kier alpha value is -1.59. The highest BCUT2D eigenvalue weighted by Crippen LogP contribution is 2.18. The summed E-state index contributed by atoms with van der Waals surface area (Å²) in [7, 11) is 0. The molecule has 0 radical (unpaired) electrons. The Morgan fingerprint density at radius 2 is 2.14 bits per heavy atom. The smallest absolute Gasteiger partial charge is 0.322 e. The van der Waals surface area contributed by atoms with E-state index < -0.39 is 18.0 Å². The van der Waals surface area contributed by atoms with Crippen LogP contribution in [0.25, 0.3) is 0 Å². The second-order valence-electron chi connectivity index (χ2n) is 3.56. The Balaban J connectivity index is 1.81. The van der Waals surface area contributed by atoms with Crippen LogP contribution in [0.4, 0.5) is 4.79 Å². The number of nitrogens with one attached hydrogen (secondary N) is 3. The van der Waals surface area contributed by atoms with Crippen LogP contribution in [-0.2, 0) is 9.59 Å². The molecule has 2 aliphatic rings. The standard InChI is InChI=1S/C8H11N3O3/c12-6(9-4-1-2-4)3-5-7(13)11-8(14)10-5/h4-5H,1-3H2,(H,9,12)(H2,10,11,13,14). The van der Waals surface area contributed by atoms with Gasteiger partial charge in [0.05, 0.1) is 6.42 Å². The number of hydrogen-bond acceptors (Lipinski definition) is 3. The molecule has 4 amide bonds. The molecule has 0 bridgehead atoms. The third kappa shape index (κ3) is 2.01. The molecule has 0 aromatic rings. The van der Waals surface area contributed by atoms with Crippen molar-refractivity contribution in [3.05, 3.63) is 0 Å². The van der Waals surface area contributed by atoms with Gasteiger partial charge in [-0.05, 0) is 12.8 Å². The summed E-state index contributed by atoms with van der Waals surface area (Å²) in [5.74, 6) is -0.615. The SMILES string of the molecule is O=C(CC1NC(=O)NC1=O)NC1CC1. The Labute approximate surface area is 80.4 Å². The van der Waals surface area contributed by atoms with Gasteiger partial charge in [-0.3, -0.25) is 14.9 Å². The summed E-state index contributed by atoms with van der Waals surface area (Å²) in [5, 5.41) is 7.19. The summed E-state index contributed by atoms with van der Waals surface area (Å²) < 4.78 is 0. The number of urea groups is 1. The van der Waals surface area contributed by atoms with Gasteiger partial charge in [0.2, 0.25) is 5.91 Å². The van der Waals surface area contributed by atoms with Crippen molar-refractivity contribution in [1.82, 2.24) is 16.0 Å². The van der Waals surface area contributed by atoms with Gasteiger partial charge in [0.15, 0.2) is 0 Å². The monoisotopic (exact) mass is 197 g/mol. The van der Waals surface area contributed by atoms with Gasteiger partial charge in [-0.15, -0.1) is 0 Å². The molecule has 0 aromatic heterocycles. The highest BCUT2D eigenvalue weighted by atomic mass is 16.2. The van der Waals surface area contributed by atoms with Crippen molar-refractivity contribution in [2.75, 3.05) is 0 Å². The fourth-order valence-electron chi connectivity index (χ4n) is 1.30. The molecule has 6 heteroatoms. The molecule has 14 heavy (non-hydrogen) atoms. The van der Waals surface area contributed by atoms with E-state index in [2.05, 4.69) is 16.0 Å². The van der Waals surface area contributed by atoms with Crippen LogP contribution >= 0.6 is 0 Å². The molecule has 2 rings (SSSR count). The van der Waals surface area contributed by atoms with Crippen LogP contribution in [0, 0.1) is 0 Å². The van der Waals surface area contributed by atoms with Gasteiger partial charge in [0.25, 0.3) is 5.91 Å². The number of hydrogen-bond donors (Lipinski definition) is 3. The quantitative estimate of drug-likeness (QED) is 0.500. The number of amides is 4. The molecule has 1 atom stereocenters. The zero-order valence-electron chi connectivity index (χ0n) is 7.50. The fourth-order valence-corrected chi connectivity index (χ4v) is 1.30. The molecule has 1 heterocycles. The summed E-state index contributed by atoms with van der Waals surface area (Å²) >= 11 is 0. The second kappa shape index (κ2) is 3.28. The van der Waals surface area contributed by atoms with Crippen molar-refractivity contribution in [2.45, 2.75) is 31.3 Å². The number of carbonyl (C=O) groups is 3. The Morgan fingerprint density at radius 3 is 2.64 bits per heavy atom. The molecule has 6 nitrogen and oxygen atoms in total. The highest BCUT2D eigenvalue weighted by Gasteiger charge is 2.32. The van der Waals surface area contributed by atoms with E-state index in [0.29, 0.717) is 0 Å². The van der Waals surface area contributed by atoms with E-state index in [-0.39, 0.29) is 18.4 Å². The zero-order valence-corrected chi connectivity index (χ0v) is 7.50. The number of rotatable bonds is 3. The Bertz CT molecular complexity index is 298. The molecular formula is C8H11N3O3. The van der Waals surface area contributed by atoms with Gasteiger partial charge in [-0.1, -0.05) is 0 Å². The molecule has 76 valence electrons. The molecule has 2 fully saturated rings. The van der Waals surface area contributed by atoms with Gasteiger partial charge in [-0.25, -0.2) is 4.79 Å². The van der Waals surface area contributed by atoms with Crippen molar-refractivity contribution < 1.29 is 14.4 Å². The van der Waals surface area contributed by atoms with Crippen LogP contribution in [-0.4, -0.2) is 29.9 Å². The third-order valence-electron chi connectivity index (χ3n) is 2.19. The van der Waals surface area contributed by atoms with Crippen LogP contribution in [0.15, 0.2) is 0 Å². The first-order chi connectivity index (χ1) is 6.65. The van der Waals surface area contributed by atoms with E-state index in [0.717, 1.165) is 12.8 Å². The predicted molar refractivity (Wildman–Crippen MR) is 46.2 cm³/mol. The van der Waals surface area contributed by atoms with Crippen LogP contribution < -0.4 is 16.0 Å². The minimum absolute atomic E-state index is 0.0219. The van der Waals surface area contributed by atoms with Gasteiger partial charge >= 0.3 is 6.03 Å². The minimum atomic E-state index is -0.707. The topological polar surface area (TPSA) is 87.3 Å². The van der Waals surface area contributed by atoms with Crippen LogP contribution in [0.3, 0.4) is 0 Å². The first kappa shape index (κ1) is 8.98.